The minimum Gasteiger partial charge on any atom is -0.344 e. The van der Waals surface area contributed by atoms with E-state index in [1.165, 1.54) is 11.0 Å². The molecular formula is C16H22FN3O2. The summed E-state index contributed by atoms with van der Waals surface area (Å²) in [5, 5.41) is 2.98. The van der Waals surface area contributed by atoms with Gasteiger partial charge in [-0.05, 0) is 31.7 Å². The predicted molar refractivity (Wildman–Crippen MR) is 83.2 cm³/mol. The first-order valence-electron chi connectivity index (χ1n) is 7.40. The van der Waals surface area contributed by atoms with Gasteiger partial charge in [-0.2, -0.15) is 0 Å². The van der Waals surface area contributed by atoms with Crippen LogP contribution in [0.1, 0.15) is 12.0 Å². The maximum Gasteiger partial charge on any atom is 0.227 e. The molecule has 1 unspecified atom stereocenters. The molecule has 0 saturated carbocycles. The van der Waals surface area contributed by atoms with E-state index in [4.69, 9.17) is 0 Å². The number of aryl methyl sites for hydroxylation is 1. The van der Waals surface area contributed by atoms with Gasteiger partial charge in [-0.15, -0.1) is 0 Å². The largest absolute Gasteiger partial charge is 0.344 e. The van der Waals surface area contributed by atoms with Gasteiger partial charge in [-0.25, -0.2) is 4.39 Å². The number of carbonyl (C=O) groups excluding carboxylic acids is 2. The highest BCUT2D eigenvalue weighted by atomic mass is 19.1. The fourth-order valence-electron chi connectivity index (χ4n) is 2.64. The molecule has 1 N–H and O–H groups in total. The topological polar surface area (TPSA) is 52.7 Å². The van der Waals surface area contributed by atoms with Gasteiger partial charge in [0, 0.05) is 33.1 Å². The molecule has 1 saturated heterocycles. The molecule has 1 aromatic rings. The quantitative estimate of drug-likeness (QED) is 0.888. The summed E-state index contributed by atoms with van der Waals surface area (Å²) in [7, 11) is 3.54. The summed E-state index contributed by atoms with van der Waals surface area (Å²) in [5.41, 5.74) is 1.05. The van der Waals surface area contributed by atoms with Crippen LogP contribution in [-0.2, 0) is 9.59 Å². The molecule has 1 aromatic carbocycles. The van der Waals surface area contributed by atoms with Crippen LogP contribution in [0.4, 0.5) is 10.1 Å². The van der Waals surface area contributed by atoms with Gasteiger partial charge in [-0.3, -0.25) is 9.59 Å². The molecule has 2 amide bonds. The van der Waals surface area contributed by atoms with Gasteiger partial charge in [0.1, 0.15) is 5.82 Å². The lowest BCUT2D eigenvalue weighted by Gasteiger charge is -2.21. The van der Waals surface area contributed by atoms with Crippen molar-refractivity contribution in [2.24, 2.45) is 5.92 Å². The highest BCUT2D eigenvalue weighted by Gasteiger charge is 2.37. The standard InChI is InChI=1S/C16H22FN3O2/c1-11-4-5-14(13(17)8-11)20-10-12(9-15(20)21)16(22)19(3)7-6-18-2/h4-5,8,12,18H,6-7,9-10H2,1-3H3. The van der Waals surface area contributed by atoms with Crippen molar-refractivity contribution in [2.45, 2.75) is 13.3 Å². The van der Waals surface area contributed by atoms with Crippen LogP contribution < -0.4 is 10.2 Å². The van der Waals surface area contributed by atoms with Crippen molar-refractivity contribution in [3.63, 3.8) is 0 Å². The van der Waals surface area contributed by atoms with E-state index in [1.54, 1.807) is 31.0 Å². The Bertz CT molecular complexity index is 577. The highest BCUT2D eigenvalue weighted by molar-refractivity contribution is 6.00. The Kier molecular flexibility index (Phi) is 5.13. The lowest BCUT2D eigenvalue weighted by Crippen LogP contribution is -2.38. The van der Waals surface area contributed by atoms with E-state index >= 15 is 0 Å². The Hall–Kier alpha value is -1.95. The number of nitrogens with zero attached hydrogens (tertiary/aromatic N) is 2. The number of hydrogen-bond acceptors (Lipinski definition) is 3. The van der Waals surface area contributed by atoms with Gasteiger partial charge in [0.05, 0.1) is 11.6 Å². The van der Waals surface area contributed by atoms with Gasteiger partial charge in [0.2, 0.25) is 11.8 Å². The SMILES string of the molecule is CNCCN(C)C(=O)C1CC(=O)N(c2ccc(C)cc2F)C1. The van der Waals surface area contributed by atoms with Crippen molar-refractivity contribution < 1.29 is 14.0 Å². The fourth-order valence-corrected chi connectivity index (χ4v) is 2.64. The maximum atomic E-state index is 14.0. The molecule has 0 spiro atoms. The second-order valence-corrected chi connectivity index (χ2v) is 5.72. The molecule has 0 aromatic heterocycles. The number of nitrogens with one attached hydrogen (secondary N) is 1. The Morgan fingerprint density at radius 3 is 2.86 bits per heavy atom. The fraction of sp³-hybridized carbons (Fsp3) is 0.500. The summed E-state index contributed by atoms with van der Waals surface area (Å²) in [4.78, 5) is 27.5. The van der Waals surface area contributed by atoms with Gasteiger partial charge in [0.25, 0.3) is 0 Å². The Balaban J connectivity index is 2.09. The third-order valence-electron chi connectivity index (χ3n) is 3.94. The minimum atomic E-state index is -0.426. The highest BCUT2D eigenvalue weighted by Crippen LogP contribution is 2.28. The van der Waals surface area contributed by atoms with Crippen LogP contribution in [0.3, 0.4) is 0 Å². The zero-order valence-corrected chi connectivity index (χ0v) is 13.2. The van der Waals surface area contributed by atoms with E-state index in [0.717, 1.165) is 5.56 Å². The maximum absolute atomic E-state index is 14.0. The van der Waals surface area contributed by atoms with E-state index in [1.807, 2.05) is 7.05 Å². The molecule has 1 aliphatic heterocycles. The first-order chi connectivity index (χ1) is 10.4. The van der Waals surface area contributed by atoms with E-state index in [-0.39, 0.29) is 30.5 Å². The van der Waals surface area contributed by atoms with Crippen LogP contribution in [-0.4, -0.2) is 50.4 Å². The van der Waals surface area contributed by atoms with Crippen LogP contribution >= 0.6 is 0 Å². The number of likely N-dealkylation sites (N-methyl/N-ethyl adjacent to an activating group) is 2. The lowest BCUT2D eigenvalue weighted by atomic mass is 10.1. The Morgan fingerprint density at radius 1 is 1.50 bits per heavy atom. The van der Waals surface area contributed by atoms with Crippen molar-refractivity contribution in [3.8, 4) is 0 Å². The first kappa shape index (κ1) is 16.4. The summed E-state index contributed by atoms with van der Waals surface area (Å²) in [6, 6.07) is 4.76. The first-order valence-corrected chi connectivity index (χ1v) is 7.40. The molecule has 0 aliphatic carbocycles. The van der Waals surface area contributed by atoms with Crippen molar-refractivity contribution in [3.05, 3.63) is 29.6 Å². The predicted octanol–water partition coefficient (Wildman–Crippen LogP) is 1.16. The number of halogens is 1. The van der Waals surface area contributed by atoms with E-state index < -0.39 is 11.7 Å². The van der Waals surface area contributed by atoms with Crippen LogP contribution in [0.25, 0.3) is 0 Å². The minimum absolute atomic E-state index is 0.0707. The van der Waals surface area contributed by atoms with Gasteiger partial charge in [-0.1, -0.05) is 6.07 Å². The molecule has 6 heteroatoms. The molecule has 1 aliphatic rings. The zero-order valence-electron chi connectivity index (χ0n) is 13.2. The van der Waals surface area contributed by atoms with Gasteiger partial charge in [0.15, 0.2) is 0 Å². The normalized spacial score (nSPS) is 17.9. The molecule has 0 bridgehead atoms. The summed E-state index contributed by atoms with van der Waals surface area (Å²) >= 11 is 0. The zero-order chi connectivity index (χ0) is 16.3. The average molecular weight is 307 g/mol. The smallest absolute Gasteiger partial charge is 0.227 e. The third-order valence-corrected chi connectivity index (χ3v) is 3.94. The Morgan fingerprint density at radius 2 is 2.23 bits per heavy atom. The second-order valence-electron chi connectivity index (χ2n) is 5.72. The molecule has 2 rings (SSSR count). The number of hydrogen-bond donors (Lipinski definition) is 1. The Labute approximate surface area is 130 Å². The molecule has 0 radical (unpaired) electrons. The van der Waals surface area contributed by atoms with Crippen LogP contribution in [0.15, 0.2) is 18.2 Å². The van der Waals surface area contributed by atoms with Gasteiger partial charge < -0.3 is 15.1 Å². The number of benzene rings is 1. The monoisotopic (exact) mass is 307 g/mol. The molecule has 1 fully saturated rings. The average Bonchev–Trinajstić information content (AvgIpc) is 2.85. The van der Waals surface area contributed by atoms with Crippen molar-refractivity contribution in [1.29, 1.82) is 0 Å². The van der Waals surface area contributed by atoms with Gasteiger partial charge >= 0.3 is 0 Å². The van der Waals surface area contributed by atoms with Crippen molar-refractivity contribution in [1.82, 2.24) is 10.2 Å². The van der Waals surface area contributed by atoms with Crippen LogP contribution in [0, 0.1) is 18.7 Å². The molecule has 1 heterocycles. The van der Waals surface area contributed by atoms with Crippen molar-refractivity contribution >= 4 is 17.5 Å². The molecule has 1 atom stereocenters. The summed E-state index contributed by atoms with van der Waals surface area (Å²) in [6.45, 7) is 3.31. The van der Waals surface area contributed by atoms with Crippen LogP contribution in [0.2, 0.25) is 0 Å². The summed E-state index contributed by atoms with van der Waals surface area (Å²) < 4.78 is 14.0. The molecular weight excluding hydrogens is 285 g/mol. The van der Waals surface area contributed by atoms with Crippen molar-refractivity contribution in [2.75, 3.05) is 38.6 Å². The summed E-state index contributed by atoms with van der Waals surface area (Å²) in [6.07, 6.45) is 0.135. The van der Waals surface area contributed by atoms with E-state index in [0.29, 0.717) is 13.1 Å². The molecule has 120 valence electrons. The molecule has 5 nitrogen and oxygen atoms in total. The number of carbonyl (C=O) groups is 2. The summed E-state index contributed by atoms with van der Waals surface area (Å²) in [5.74, 6) is -1.11. The van der Waals surface area contributed by atoms with E-state index in [9.17, 15) is 14.0 Å². The third kappa shape index (κ3) is 3.44. The number of anilines is 1. The number of amides is 2. The lowest BCUT2D eigenvalue weighted by molar-refractivity contribution is -0.134. The molecule has 22 heavy (non-hydrogen) atoms. The number of rotatable bonds is 5. The van der Waals surface area contributed by atoms with E-state index in [2.05, 4.69) is 5.32 Å². The second kappa shape index (κ2) is 6.87. The van der Waals surface area contributed by atoms with Crippen LogP contribution in [0.5, 0.6) is 0 Å².